The zero-order valence-electron chi connectivity index (χ0n) is 14.1. The minimum atomic E-state index is -0.556. The van der Waals surface area contributed by atoms with Crippen molar-refractivity contribution in [2.24, 2.45) is 5.73 Å². The first kappa shape index (κ1) is 18.4. The van der Waals surface area contributed by atoms with E-state index in [-0.39, 0.29) is 18.1 Å². The highest BCUT2D eigenvalue weighted by molar-refractivity contribution is 5.85. The minimum absolute atomic E-state index is 0.180. The molecular formula is C17H34N2O2. The van der Waals surface area contributed by atoms with Crippen LogP contribution in [0.3, 0.4) is 0 Å². The topological polar surface area (TPSA) is 64.3 Å². The number of rotatable bonds is 11. The Balaban J connectivity index is 2.22. The van der Waals surface area contributed by atoms with E-state index in [1.165, 1.54) is 32.1 Å². The number of unbranched alkanes of at least 4 members (excludes halogenated alkanes) is 5. The van der Waals surface area contributed by atoms with Crippen LogP contribution in [0.25, 0.3) is 0 Å². The Morgan fingerprint density at radius 2 is 1.95 bits per heavy atom. The van der Waals surface area contributed by atoms with Crippen LogP contribution in [0.4, 0.5) is 0 Å². The van der Waals surface area contributed by atoms with Crippen molar-refractivity contribution >= 4 is 5.91 Å². The largest absolute Gasteiger partial charge is 0.378 e. The molecule has 1 fully saturated rings. The van der Waals surface area contributed by atoms with Crippen molar-refractivity contribution in [3.05, 3.63) is 0 Å². The van der Waals surface area contributed by atoms with Gasteiger partial charge in [0.25, 0.3) is 0 Å². The number of primary amides is 1. The maximum absolute atomic E-state index is 11.8. The molecular weight excluding hydrogens is 264 g/mol. The van der Waals surface area contributed by atoms with Crippen LogP contribution in [0, 0.1) is 0 Å². The van der Waals surface area contributed by atoms with E-state index in [0.29, 0.717) is 0 Å². The Morgan fingerprint density at radius 3 is 2.57 bits per heavy atom. The van der Waals surface area contributed by atoms with Crippen molar-refractivity contribution in [2.75, 3.05) is 6.61 Å². The van der Waals surface area contributed by atoms with E-state index in [2.05, 4.69) is 26.1 Å². The molecule has 1 aliphatic rings. The van der Waals surface area contributed by atoms with Crippen molar-refractivity contribution in [2.45, 2.75) is 96.2 Å². The monoisotopic (exact) mass is 298 g/mol. The van der Waals surface area contributed by atoms with Gasteiger partial charge in [0.1, 0.15) is 5.54 Å². The number of ether oxygens (including phenoxy) is 1. The van der Waals surface area contributed by atoms with Crippen LogP contribution in [-0.2, 0) is 9.53 Å². The summed E-state index contributed by atoms with van der Waals surface area (Å²) in [5, 5.41) is 3.35. The zero-order valence-corrected chi connectivity index (χ0v) is 14.1. The minimum Gasteiger partial charge on any atom is -0.378 e. The van der Waals surface area contributed by atoms with Gasteiger partial charge in [-0.15, -0.1) is 0 Å². The standard InChI is InChI=1S/C17H34N2O2/c1-4-5-6-7-8-9-12-21-15-10-11-17(13-15,16(18)20)19-14(2)3/h14-15,19H,4-13H2,1-3H3,(H2,18,20). The number of carbonyl (C=O) groups excluding carboxylic acids is 1. The Hall–Kier alpha value is -0.610. The van der Waals surface area contributed by atoms with Gasteiger partial charge < -0.3 is 15.8 Å². The van der Waals surface area contributed by atoms with Crippen LogP contribution in [0.5, 0.6) is 0 Å². The highest BCUT2D eigenvalue weighted by atomic mass is 16.5. The van der Waals surface area contributed by atoms with E-state index in [9.17, 15) is 4.79 Å². The SMILES string of the molecule is CCCCCCCCOC1CCC(NC(C)C)(C(N)=O)C1. The fraction of sp³-hybridized carbons (Fsp3) is 0.941. The van der Waals surface area contributed by atoms with Crippen LogP contribution in [0.2, 0.25) is 0 Å². The molecule has 1 amide bonds. The highest BCUT2D eigenvalue weighted by Crippen LogP contribution is 2.32. The lowest BCUT2D eigenvalue weighted by atomic mass is 9.95. The average molecular weight is 298 g/mol. The summed E-state index contributed by atoms with van der Waals surface area (Å²) < 4.78 is 5.95. The number of amides is 1. The summed E-state index contributed by atoms with van der Waals surface area (Å²) in [7, 11) is 0. The molecule has 124 valence electrons. The second-order valence-corrected chi connectivity index (χ2v) is 6.75. The van der Waals surface area contributed by atoms with E-state index < -0.39 is 5.54 Å². The molecule has 0 aromatic rings. The van der Waals surface area contributed by atoms with E-state index >= 15 is 0 Å². The molecule has 1 rings (SSSR count). The molecule has 0 aliphatic heterocycles. The number of nitrogens with two attached hydrogens (primary N) is 1. The first-order valence-electron chi connectivity index (χ1n) is 8.69. The molecule has 3 N–H and O–H groups in total. The summed E-state index contributed by atoms with van der Waals surface area (Å²) >= 11 is 0. The smallest absolute Gasteiger partial charge is 0.237 e. The molecule has 0 spiro atoms. The third-order valence-corrected chi connectivity index (χ3v) is 4.36. The van der Waals surface area contributed by atoms with Gasteiger partial charge in [-0.25, -0.2) is 0 Å². The fourth-order valence-electron chi connectivity index (χ4n) is 3.25. The Kier molecular flexibility index (Phi) is 8.27. The van der Waals surface area contributed by atoms with Crippen molar-refractivity contribution in [1.82, 2.24) is 5.32 Å². The molecule has 0 saturated heterocycles. The van der Waals surface area contributed by atoms with Gasteiger partial charge >= 0.3 is 0 Å². The Morgan fingerprint density at radius 1 is 1.29 bits per heavy atom. The number of hydrogen-bond acceptors (Lipinski definition) is 3. The van der Waals surface area contributed by atoms with Crippen LogP contribution in [0.15, 0.2) is 0 Å². The van der Waals surface area contributed by atoms with Crippen LogP contribution in [0.1, 0.15) is 78.6 Å². The molecule has 2 unspecified atom stereocenters. The number of carbonyl (C=O) groups is 1. The van der Waals surface area contributed by atoms with Crippen molar-refractivity contribution in [3.8, 4) is 0 Å². The second kappa shape index (κ2) is 9.42. The molecule has 0 aromatic carbocycles. The maximum atomic E-state index is 11.8. The van der Waals surface area contributed by atoms with Gasteiger partial charge in [-0.05, 0) is 33.1 Å². The first-order chi connectivity index (χ1) is 10.00. The Labute approximate surface area is 130 Å². The van der Waals surface area contributed by atoms with Gasteiger partial charge in [-0.3, -0.25) is 4.79 Å². The molecule has 0 heterocycles. The quantitative estimate of drug-likeness (QED) is 0.576. The second-order valence-electron chi connectivity index (χ2n) is 6.75. The van der Waals surface area contributed by atoms with E-state index in [0.717, 1.165) is 32.3 Å². The number of hydrogen-bond donors (Lipinski definition) is 2. The van der Waals surface area contributed by atoms with E-state index in [4.69, 9.17) is 10.5 Å². The molecule has 0 radical (unpaired) electrons. The van der Waals surface area contributed by atoms with E-state index in [1.54, 1.807) is 0 Å². The predicted octanol–water partition coefficient (Wildman–Crippen LogP) is 3.14. The van der Waals surface area contributed by atoms with Crippen molar-refractivity contribution < 1.29 is 9.53 Å². The van der Waals surface area contributed by atoms with Gasteiger partial charge in [0.2, 0.25) is 5.91 Å². The summed E-state index contributed by atoms with van der Waals surface area (Å²) in [6.45, 7) is 7.15. The molecule has 4 heteroatoms. The molecule has 4 nitrogen and oxygen atoms in total. The predicted molar refractivity (Wildman–Crippen MR) is 87.2 cm³/mol. The molecule has 0 aromatic heterocycles. The summed E-state index contributed by atoms with van der Waals surface area (Å²) in [5.74, 6) is -0.234. The lowest BCUT2D eigenvalue weighted by Crippen LogP contribution is -2.56. The number of nitrogens with one attached hydrogen (secondary N) is 1. The van der Waals surface area contributed by atoms with E-state index in [1.807, 2.05) is 0 Å². The lowest BCUT2D eigenvalue weighted by Gasteiger charge is -2.29. The van der Waals surface area contributed by atoms with Crippen LogP contribution >= 0.6 is 0 Å². The van der Waals surface area contributed by atoms with Crippen molar-refractivity contribution in [3.63, 3.8) is 0 Å². The Bertz CT molecular complexity index is 307. The molecule has 1 saturated carbocycles. The summed E-state index contributed by atoms with van der Waals surface area (Å²) in [6.07, 6.45) is 10.3. The van der Waals surface area contributed by atoms with Crippen molar-refractivity contribution in [1.29, 1.82) is 0 Å². The molecule has 21 heavy (non-hydrogen) atoms. The van der Waals surface area contributed by atoms with Crippen LogP contribution < -0.4 is 11.1 Å². The summed E-state index contributed by atoms with van der Waals surface area (Å²) in [5.41, 5.74) is 5.05. The van der Waals surface area contributed by atoms with Gasteiger partial charge in [0.15, 0.2) is 0 Å². The zero-order chi connectivity index (χ0) is 15.7. The van der Waals surface area contributed by atoms with Gasteiger partial charge in [-0.2, -0.15) is 0 Å². The summed E-state index contributed by atoms with van der Waals surface area (Å²) in [6, 6.07) is 0.259. The molecule has 2 atom stereocenters. The van der Waals surface area contributed by atoms with Gasteiger partial charge in [-0.1, -0.05) is 39.0 Å². The van der Waals surface area contributed by atoms with Gasteiger partial charge in [0.05, 0.1) is 6.10 Å². The maximum Gasteiger partial charge on any atom is 0.237 e. The summed E-state index contributed by atoms with van der Waals surface area (Å²) in [4.78, 5) is 11.8. The third-order valence-electron chi connectivity index (χ3n) is 4.36. The van der Waals surface area contributed by atoms with Gasteiger partial charge in [0, 0.05) is 19.1 Å². The fourth-order valence-corrected chi connectivity index (χ4v) is 3.25. The first-order valence-corrected chi connectivity index (χ1v) is 8.69. The molecule has 1 aliphatic carbocycles. The molecule has 0 bridgehead atoms. The third kappa shape index (κ3) is 6.35. The highest BCUT2D eigenvalue weighted by Gasteiger charge is 2.44. The normalized spacial score (nSPS) is 25.6. The average Bonchev–Trinajstić information content (AvgIpc) is 2.81. The van der Waals surface area contributed by atoms with Crippen LogP contribution in [-0.4, -0.2) is 30.2 Å². The lowest BCUT2D eigenvalue weighted by molar-refractivity contribution is -0.125.